The molecule has 1 N–H and O–H groups in total. The number of sulfonamides is 1. The predicted octanol–water partition coefficient (Wildman–Crippen LogP) is 1.40. The van der Waals surface area contributed by atoms with Crippen molar-refractivity contribution in [3.63, 3.8) is 0 Å². The molecule has 1 saturated heterocycles. The fraction of sp³-hybridized carbons (Fsp3) is 0.250. The van der Waals surface area contributed by atoms with Gasteiger partial charge in [0.05, 0.1) is 23.7 Å². The van der Waals surface area contributed by atoms with Crippen LogP contribution in [-0.2, 0) is 14.8 Å². The molecule has 1 atom stereocenters. The van der Waals surface area contributed by atoms with Crippen LogP contribution in [-0.4, -0.2) is 70.8 Å². The Hall–Kier alpha value is -3.15. The maximum atomic E-state index is 12.5. The number of piperazine rings is 1. The van der Waals surface area contributed by atoms with Gasteiger partial charge in [0.25, 0.3) is 5.91 Å². The largest absolute Gasteiger partial charge is 0.354 e. The van der Waals surface area contributed by atoms with E-state index in [4.69, 9.17) is 11.6 Å². The van der Waals surface area contributed by atoms with Crippen LogP contribution in [0.1, 0.15) is 22.1 Å². The van der Waals surface area contributed by atoms with Crippen molar-refractivity contribution in [1.29, 1.82) is 0 Å². The van der Waals surface area contributed by atoms with E-state index < -0.39 is 22.0 Å². The van der Waals surface area contributed by atoms with Gasteiger partial charge >= 0.3 is 0 Å². The average Bonchev–Trinajstić information content (AvgIpc) is 2.76. The molecule has 0 saturated carbocycles. The molecule has 0 radical (unpaired) electrons. The molecule has 2 aromatic rings. The lowest BCUT2D eigenvalue weighted by Crippen LogP contribution is -2.50. The fourth-order valence-electron chi connectivity index (χ4n) is 3.42. The van der Waals surface area contributed by atoms with Gasteiger partial charge in [-0.2, -0.15) is 4.31 Å². The summed E-state index contributed by atoms with van der Waals surface area (Å²) in [5, 5.41) is 2.55. The van der Waals surface area contributed by atoms with E-state index in [2.05, 4.69) is 33.4 Å². The van der Waals surface area contributed by atoms with E-state index in [-0.39, 0.29) is 35.5 Å². The highest BCUT2D eigenvalue weighted by Crippen LogP contribution is 2.37. The number of rotatable bonds is 5. The number of nitrogens with zero attached hydrogens (tertiary/aromatic N) is 5. The first-order valence-corrected chi connectivity index (χ1v) is 11.6. The number of halogens is 1. The minimum absolute atomic E-state index is 0.0612. The van der Waals surface area contributed by atoms with E-state index in [0.29, 0.717) is 17.0 Å². The molecule has 0 aromatic carbocycles. The molecule has 32 heavy (non-hydrogen) atoms. The molecule has 3 heterocycles. The zero-order valence-electron chi connectivity index (χ0n) is 17.4. The number of amides is 2. The van der Waals surface area contributed by atoms with Crippen molar-refractivity contribution in [2.24, 2.45) is 0 Å². The second-order valence-corrected chi connectivity index (χ2v) is 9.26. The van der Waals surface area contributed by atoms with Gasteiger partial charge in [-0.25, -0.2) is 23.4 Å². The van der Waals surface area contributed by atoms with Crippen molar-refractivity contribution in [2.75, 3.05) is 26.4 Å². The lowest BCUT2D eigenvalue weighted by Gasteiger charge is -2.41. The van der Waals surface area contributed by atoms with E-state index in [1.807, 2.05) is 0 Å². The summed E-state index contributed by atoms with van der Waals surface area (Å²) >= 11 is 6.26. The lowest BCUT2D eigenvalue weighted by atomic mass is 10.0. The van der Waals surface area contributed by atoms with Gasteiger partial charge in [-0.15, -0.1) is 0 Å². The van der Waals surface area contributed by atoms with Crippen LogP contribution in [0.5, 0.6) is 0 Å². The van der Waals surface area contributed by atoms with Crippen molar-refractivity contribution in [3.05, 3.63) is 65.9 Å². The molecular formula is C20H21ClN6O4S. The number of pyridine rings is 1. The van der Waals surface area contributed by atoms with Gasteiger partial charge in [0, 0.05) is 25.8 Å². The molecule has 10 nitrogen and oxygen atoms in total. The maximum absolute atomic E-state index is 12.5. The summed E-state index contributed by atoms with van der Waals surface area (Å²) in [6.45, 7) is 7.67. The highest BCUT2D eigenvalue weighted by Gasteiger charge is 2.38. The quantitative estimate of drug-likeness (QED) is 0.510. The summed E-state index contributed by atoms with van der Waals surface area (Å²) in [4.78, 5) is 37.9. The molecule has 0 bridgehead atoms. The molecular weight excluding hydrogens is 456 g/mol. The third-order valence-electron chi connectivity index (χ3n) is 4.88. The molecule has 0 aliphatic carbocycles. The molecule has 2 amide bonds. The highest BCUT2D eigenvalue weighted by molar-refractivity contribution is 7.88. The number of hydrogen-bond acceptors (Lipinski definition) is 7. The van der Waals surface area contributed by atoms with Crippen LogP contribution in [0.25, 0.3) is 11.4 Å². The minimum Gasteiger partial charge on any atom is -0.354 e. The van der Waals surface area contributed by atoms with Gasteiger partial charge in [0.2, 0.25) is 15.9 Å². The summed E-state index contributed by atoms with van der Waals surface area (Å²) in [6.07, 6.45) is 3.45. The summed E-state index contributed by atoms with van der Waals surface area (Å²) in [5.74, 6) is -0.794. The predicted molar refractivity (Wildman–Crippen MR) is 119 cm³/mol. The summed E-state index contributed by atoms with van der Waals surface area (Å²) < 4.78 is 26.2. The van der Waals surface area contributed by atoms with Crippen LogP contribution < -0.4 is 5.32 Å². The Morgan fingerprint density at radius 1 is 1.22 bits per heavy atom. The van der Waals surface area contributed by atoms with Gasteiger partial charge in [-0.3, -0.25) is 9.59 Å². The van der Waals surface area contributed by atoms with Crippen LogP contribution >= 0.6 is 11.6 Å². The number of carbonyl (C=O) groups is 2. The first kappa shape index (κ1) is 23.5. The topological polar surface area (TPSA) is 125 Å². The van der Waals surface area contributed by atoms with E-state index in [1.54, 1.807) is 6.07 Å². The Kier molecular flexibility index (Phi) is 6.72. The zero-order valence-corrected chi connectivity index (χ0v) is 19.0. The van der Waals surface area contributed by atoms with Crippen molar-refractivity contribution >= 4 is 33.4 Å². The molecule has 3 rings (SSSR count). The second-order valence-electron chi connectivity index (χ2n) is 6.94. The minimum atomic E-state index is -3.66. The molecule has 1 fully saturated rings. The normalized spacial score (nSPS) is 17.2. The van der Waals surface area contributed by atoms with Crippen molar-refractivity contribution in [3.8, 4) is 11.4 Å². The Bertz CT molecular complexity index is 1220. The smallest absolute Gasteiger partial charge is 0.269 e. The standard InChI is InChI=1S/C20H21ClN6O4S/c1-5-18(28)26-6-7-27(32(4,30)31)19(12(26)2)13-8-15(25-17(21)9-13)14-10-16(20(29)22-3)24-11-23-14/h5,8-11,19H,1-2,6-7H2,3-4H3,(H,22,29). The average molecular weight is 477 g/mol. The third-order valence-corrected chi connectivity index (χ3v) is 6.32. The van der Waals surface area contributed by atoms with E-state index in [9.17, 15) is 18.0 Å². The molecule has 12 heteroatoms. The number of carbonyl (C=O) groups excluding carboxylic acids is 2. The van der Waals surface area contributed by atoms with Crippen molar-refractivity contribution in [1.82, 2.24) is 29.5 Å². The number of aromatic nitrogens is 3. The molecule has 2 aromatic heterocycles. The van der Waals surface area contributed by atoms with Gasteiger partial charge in [-0.1, -0.05) is 24.8 Å². The van der Waals surface area contributed by atoms with Crippen LogP contribution in [0.2, 0.25) is 5.15 Å². The summed E-state index contributed by atoms with van der Waals surface area (Å²) in [5.41, 5.74) is 1.44. The number of hydrogen-bond donors (Lipinski definition) is 1. The van der Waals surface area contributed by atoms with Crippen LogP contribution in [0.15, 0.2) is 49.5 Å². The third kappa shape index (κ3) is 4.69. The lowest BCUT2D eigenvalue weighted by molar-refractivity contribution is -0.125. The van der Waals surface area contributed by atoms with Gasteiger partial charge in [0.15, 0.2) is 0 Å². The highest BCUT2D eigenvalue weighted by atomic mass is 35.5. The molecule has 1 aliphatic heterocycles. The van der Waals surface area contributed by atoms with Gasteiger partial charge in [0.1, 0.15) is 17.2 Å². The first-order chi connectivity index (χ1) is 15.1. The number of nitrogens with one attached hydrogen (secondary N) is 1. The van der Waals surface area contributed by atoms with Crippen molar-refractivity contribution in [2.45, 2.75) is 6.04 Å². The van der Waals surface area contributed by atoms with Gasteiger partial charge in [-0.05, 0) is 29.8 Å². The monoisotopic (exact) mass is 476 g/mol. The molecule has 1 aliphatic rings. The fourth-order valence-corrected chi connectivity index (χ4v) is 4.68. The van der Waals surface area contributed by atoms with Crippen molar-refractivity contribution < 1.29 is 18.0 Å². The van der Waals surface area contributed by atoms with E-state index in [1.165, 1.54) is 34.7 Å². The van der Waals surface area contributed by atoms with Crippen LogP contribution in [0.4, 0.5) is 0 Å². The molecule has 168 valence electrons. The van der Waals surface area contributed by atoms with E-state index >= 15 is 0 Å². The summed E-state index contributed by atoms with van der Waals surface area (Å²) in [6, 6.07) is 3.64. The Morgan fingerprint density at radius 2 is 1.94 bits per heavy atom. The van der Waals surface area contributed by atoms with Gasteiger partial charge < -0.3 is 10.2 Å². The maximum Gasteiger partial charge on any atom is 0.269 e. The first-order valence-electron chi connectivity index (χ1n) is 9.38. The SMILES string of the molecule is C=CC(=O)N1CCN(S(C)(=O)=O)C(c2cc(Cl)nc(-c3cc(C(=O)NC)ncn3)c2)C1=C. The molecule has 0 spiro atoms. The zero-order chi connectivity index (χ0) is 23.6. The van der Waals surface area contributed by atoms with Crippen LogP contribution in [0, 0.1) is 0 Å². The molecule has 1 unspecified atom stereocenters. The Morgan fingerprint density at radius 3 is 2.56 bits per heavy atom. The van der Waals surface area contributed by atoms with E-state index in [0.717, 1.165) is 12.3 Å². The second kappa shape index (κ2) is 9.15. The Labute approximate surface area is 190 Å². The Balaban J connectivity index is 2.13. The van der Waals surface area contributed by atoms with Crippen LogP contribution in [0.3, 0.4) is 0 Å². The summed E-state index contributed by atoms with van der Waals surface area (Å²) in [7, 11) is -2.18.